The van der Waals surface area contributed by atoms with E-state index in [0.29, 0.717) is 6.54 Å². The number of rotatable bonds is 7. The monoisotopic (exact) mass is 493 g/mol. The van der Waals surface area contributed by atoms with Gasteiger partial charge in [0.25, 0.3) is 0 Å². The van der Waals surface area contributed by atoms with Gasteiger partial charge in [-0.3, -0.25) is 0 Å². The molecule has 28 heavy (non-hydrogen) atoms. The van der Waals surface area contributed by atoms with E-state index in [0.717, 1.165) is 48.9 Å². The molecule has 0 saturated carbocycles. The molecule has 0 saturated heterocycles. The van der Waals surface area contributed by atoms with Crippen LogP contribution in [0.25, 0.3) is 11.0 Å². The standard InChI is InChI=1S/C21H27N5O.HI/c1-3-22-21(24-15-17-9-11-18(27)12-10-17)23-13-6-14-26-16(2)25-19-7-4-5-8-20(19)26;/h4-5,7-12,27H,3,6,13-15H2,1-2H3,(H2,22,23,24);1H. The van der Waals surface area contributed by atoms with Crippen LogP contribution in [-0.2, 0) is 13.1 Å². The van der Waals surface area contributed by atoms with E-state index in [2.05, 4.69) is 57.2 Å². The number of fused-ring (bicyclic) bond motifs is 1. The first kappa shape index (κ1) is 22.0. The van der Waals surface area contributed by atoms with E-state index in [-0.39, 0.29) is 29.7 Å². The lowest BCUT2D eigenvalue weighted by molar-refractivity contribution is 0.475. The van der Waals surface area contributed by atoms with Crippen LogP contribution in [0.2, 0.25) is 0 Å². The Morgan fingerprint density at radius 1 is 1.11 bits per heavy atom. The summed E-state index contributed by atoms with van der Waals surface area (Å²) in [6, 6.07) is 15.4. The average molecular weight is 493 g/mol. The minimum atomic E-state index is 0. The molecule has 3 aromatic rings. The first-order chi connectivity index (χ1) is 13.2. The predicted molar refractivity (Wildman–Crippen MR) is 125 cm³/mol. The molecular formula is C21H28IN5O. The summed E-state index contributed by atoms with van der Waals surface area (Å²) in [7, 11) is 0. The fourth-order valence-corrected chi connectivity index (χ4v) is 3.04. The van der Waals surface area contributed by atoms with Gasteiger partial charge in [-0.05, 0) is 50.1 Å². The molecule has 2 aromatic carbocycles. The highest BCUT2D eigenvalue weighted by Gasteiger charge is 2.06. The third kappa shape index (κ3) is 5.85. The van der Waals surface area contributed by atoms with Gasteiger partial charge in [-0.15, -0.1) is 24.0 Å². The zero-order chi connectivity index (χ0) is 19.1. The van der Waals surface area contributed by atoms with E-state index in [1.165, 1.54) is 5.52 Å². The summed E-state index contributed by atoms with van der Waals surface area (Å²) >= 11 is 0. The molecule has 0 aliphatic rings. The third-order valence-electron chi connectivity index (χ3n) is 4.40. The molecule has 0 bridgehead atoms. The van der Waals surface area contributed by atoms with Gasteiger partial charge < -0.3 is 20.3 Å². The highest BCUT2D eigenvalue weighted by molar-refractivity contribution is 14.0. The molecule has 3 N–H and O–H groups in total. The lowest BCUT2D eigenvalue weighted by atomic mass is 10.2. The molecule has 0 fully saturated rings. The molecule has 7 heteroatoms. The van der Waals surface area contributed by atoms with Crippen LogP contribution < -0.4 is 10.6 Å². The van der Waals surface area contributed by atoms with E-state index in [1.54, 1.807) is 12.1 Å². The fraction of sp³-hybridized carbons (Fsp3) is 0.333. The Morgan fingerprint density at radius 3 is 2.61 bits per heavy atom. The van der Waals surface area contributed by atoms with Crippen LogP contribution in [0.5, 0.6) is 5.75 Å². The number of phenolic OH excluding ortho intramolecular Hbond substituents is 1. The van der Waals surface area contributed by atoms with E-state index in [4.69, 9.17) is 0 Å². The summed E-state index contributed by atoms with van der Waals surface area (Å²) in [5.74, 6) is 2.12. The molecule has 0 aliphatic heterocycles. The number of halogens is 1. The first-order valence-corrected chi connectivity index (χ1v) is 9.39. The number of benzene rings is 2. The van der Waals surface area contributed by atoms with Gasteiger partial charge in [-0.1, -0.05) is 24.3 Å². The molecule has 0 spiro atoms. The van der Waals surface area contributed by atoms with Gasteiger partial charge >= 0.3 is 0 Å². The molecule has 6 nitrogen and oxygen atoms in total. The number of hydrogen-bond acceptors (Lipinski definition) is 3. The Hall–Kier alpha value is -2.29. The van der Waals surface area contributed by atoms with Crippen molar-refractivity contribution in [2.75, 3.05) is 13.1 Å². The van der Waals surface area contributed by atoms with Gasteiger partial charge in [0.05, 0.1) is 17.6 Å². The smallest absolute Gasteiger partial charge is 0.191 e. The zero-order valence-electron chi connectivity index (χ0n) is 16.4. The largest absolute Gasteiger partial charge is 0.508 e. The van der Waals surface area contributed by atoms with Crippen LogP contribution in [0.1, 0.15) is 24.7 Å². The second-order valence-corrected chi connectivity index (χ2v) is 6.44. The highest BCUT2D eigenvalue weighted by Crippen LogP contribution is 2.15. The summed E-state index contributed by atoms with van der Waals surface area (Å²) in [6.45, 7) is 7.23. The summed E-state index contributed by atoms with van der Waals surface area (Å²) in [6.07, 6.45) is 0.977. The fourth-order valence-electron chi connectivity index (χ4n) is 3.04. The second-order valence-electron chi connectivity index (χ2n) is 6.44. The molecule has 0 aliphatic carbocycles. The predicted octanol–water partition coefficient (Wildman–Crippen LogP) is 3.81. The van der Waals surface area contributed by atoms with Crippen molar-refractivity contribution in [1.29, 1.82) is 0 Å². The number of nitrogens with zero attached hydrogens (tertiary/aromatic N) is 3. The number of aryl methyl sites for hydroxylation is 2. The summed E-state index contributed by atoms with van der Waals surface area (Å²) in [4.78, 5) is 9.22. The van der Waals surface area contributed by atoms with Crippen molar-refractivity contribution in [3.63, 3.8) is 0 Å². The molecule has 0 atom stereocenters. The van der Waals surface area contributed by atoms with Gasteiger partial charge in [0.2, 0.25) is 0 Å². The van der Waals surface area contributed by atoms with Gasteiger partial charge in [-0.2, -0.15) is 0 Å². The van der Waals surface area contributed by atoms with Crippen molar-refractivity contribution in [3.8, 4) is 5.75 Å². The van der Waals surface area contributed by atoms with Crippen LogP contribution in [0.3, 0.4) is 0 Å². The van der Waals surface area contributed by atoms with Crippen LogP contribution in [-0.4, -0.2) is 33.7 Å². The third-order valence-corrected chi connectivity index (χ3v) is 4.40. The van der Waals surface area contributed by atoms with E-state index in [1.807, 2.05) is 18.2 Å². The van der Waals surface area contributed by atoms with Gasteiger partial charge in [0.15, 0.2) is 5.96 Å². The Kier molecular flexibility index (Phi) is 8.56. The Balaban J connectivity index is 0.00000280. The lowest BCUT2D eigenvalue weighted by Crippen LogP contribution is -2.38. The van der Waals surface area contributed by atoms with Gasteiger partial charge in [0.1, 0.15) is 11.6 Å². The summed E-state index contributed by atoms with van der Waals surface area (Å²) < 4.78 is 2.26. The van der Waals surface area contributed by atoms with Crippen molar-refractivity contribution in [3.05, 3.63) is 59.9 Å². The van der Waals surface area contributed by atoms with Crippen LogP contribution >= 0.6 is 24.0 Å². The molecule has 1 heterocycles. The molecule has 150 valence electrons. The van der Waals surface area contributed by atoms with Crippen molar-refractivity contribution in [2.45, 2.75) is 33.4 Å². The normalized spacial score (nSPS) is 11.3. The minimum absolute atomic E-state index is 0. The second kappa shape index (κ2) is 10.9. The van der Waals surface area contributed by atoms with Gasteiger partial charge in [-0.25, -0.2) is 9.98 Å². The molecule has 3 rings (SSSR count). The van der Waals surface area contributed by atoms with Crippen molar-refractivity contribution >= 4 is 41.0 Å². The number of imidazole rings is 1. The molecular weight excluding hydrogens is 465 g/mol. The maximum atomic E-state index is 9.36. The van der Waals surface area contributed by atoms with E-state index in [9.17, 15) is 5.11 Å². The quantitative estimate of drug-likeness (QED) is 0.203. The zero-order valence-corrected chi connectivity index (χ0v) is 18.7. The van der Waals surface area contributed by atoms with Gasteiger partial charge in [0, 0.05) is 19.6 Å². The highest BCUT2D eigenvalue weighted by atomic mass is 127. The van der Waals surface area contributed by atoms with Crippen molar-refractivity contribution < 1.29 is 5.11 Å². The maximum Gasteiger partial charge on any atom is 0.191 e. The first-order valence-electron chi connectivity index (χ1n) is 9.39. The average Bonchev–Trinajstić information content (AvgIpc) is 2.99. The van der Waals surface area contributed by atoms with E-state index < -0.39 is 0 Å². The van der Waals surface area contributed by atoms with Crippen LogP contribution in [0, 0.1) is 6.92 Å². The number of guanidine groups is 1. The Morgan fingerprint density at radius 2 is 1.86 bits per heavy atom. The SMILES string of the molecule is CCNC(=NCc1ccc(O)cc1)NCCCn1c(C)nc2ccccc21.I. The molecule has 1 aromatic heterocycles. The number of aliphatic imine (C=N–C) groups is 1. The van der Waals surface area contributed by atoms with Crippen molar-refractivity contribution in [1.82, 2.24) is 20.2 Å². The number of aromatic nitrogens is 2. The number of phenols is 1. The number of para-hydroxylation sites is 2. The Bertz CT molecular complexity index is 905. The summed E-state index contributed by atoms with van der Waals surface area (Å²) in [5.41, 5.74) is 3.29. The Labute approximate surface area is 183 Å². The molecule has 0 radical (unpaired) electrons. The summed E-state index contributed by atoms with van der Waals surface area (Å²) in [5, 5.41) is 16.0. The van der Waals surface area contributed by atoms with E-state index >= 15 is 0 Å². The minimum Gasteiger partial charge on any atom is -0.508 e. The van der Waals surface area contributed by atoms with Crippen LogP contribution in [0.4, 0.5) is 0 Å². The van der Waals surface area contributed by atoms with Crippen LogP contribution in [0.15, 0.2) is 53.5 Å². The topological polar surface area (TPSA) is 74.5 Å². The lowest BCUT2D eigenvalue weighted by Gasteiger charge is -2.12. The number of hydrogen-bond donors (Lipinski definition) is 3. The number of aromatic hydroxyl groups is 1. The number of nitrogens with one attached hydrogen (secondary N) is 2. The molecule has 0 amide bonds. The maximum absolute atomic E-state index is 9.36. The molecule has 0 unspecified atom stereocenters. The van der Waals surface area contributed by atoms with Crippen molar-refractivity contribution in [2.24, 2.45) is 4.99 Å².